The summed E-state index contributed by atoms with van der Waals surface area (Å²) in [5.41, 5.74) is 10.4. The Balaban J connectivity index is 1.18. The van der Waals surface area contributed by atoms with Crippen LogP contribution in [-0.2, 0) is 0 Å². The summed E-state index contributed by atoms with van der Waals surface area (Å²) in [6.45, 7) is 0. The van der Waals surface area contributed by atoms with Crippen LogP contribution in [0, 0.1) is 11.3 Å². The lowest BCUT2D eigenvalue weighted by molar-refractivity contribution is 0.671. The lowest BCUT2D eigenvalue weighted by Gasteiger charge is -2.13. The highest BCUT2D eigenvalue weighted by molar-refractivity contribution is 6.39. The highest BCUT2D eigenvalue weighted by Crippen LogP contribution is 2.49. The minimum absolute atomic E-state index is 0.429. The van der Waals surface area contributed by atoms with Crippen molar-refractivity contribution in [3.63, 3.8) is 0 Å². The van der Waals surface area contributed by atoms with Crippen LogP contribution in [0.15, 0.2) is 186 Å². The molecule has 274 valence electrons. The van der Waals surface area contributed by atoms with Gasteiger partial charge in [-0.1, -0.05) is 133 Å². The predicted molar refractivity (Wildman–Crippen MR) is 237 cm³/mol. The van der Waals surface area contributed by atoms with E-state index in [4.69, 9.17) is 19.4 Å². The van der Waals surface area contributed by atoms with Crippen molar-refractivity contribution >= 4 is 65.6 Å². The van der Waals surface area contributed by atoms with Gasteiger partial charge in [0.1, 0.15) is 5.58 Å². The molecule has 0 saturated carbocycles. The van der Waals surface area contributed by atoms with Gasteiger partial charge in [-0.05, 0) is 48.5 Å². The first-order valence-electron chi connectivity index (χ1n) is 19.5. The van der Waals surface area contributed by atoms with Crippen LogP contribution in [0.25, 0.3) is 111 Å². The Bertz CT molecular complexity index is 3610. The summed E-state index contributed by atoms with van der Waals surface area (Å²) in [6, 6.07) is 64.2. The van der Waals surface area contributed by atoms with Gasteiger partial charge < -0.3 is 13.6 Å². The highest BCUT2D eigenvalue weighted by atomic mass is 16.3. The molecule has 0 saturated heterocycles. The minimum atomic E-state index is 0.429. The van der Waals surface area contributed by atoms with Crippen molar-refractivity contribution in [3.8, 4) is 51.6 Å². The topological polar surface area (TPSA) is 85.5 Å². The van der Waals surface area contributed by atoms with Gasteiger partial charge in [0, 0.05) is 55.0 Å². The molecule has 0 atom stereocenters. The fraction of sp³-hybridized carbons (Fsp3) is 0. The number of rotatable bonds is 5. The monoisotopic (exact) mass is 754 g/mol. The number of nitrogens with zero attached hydrogens (tertiary/aromatic N) is 6. The third-order valence-electron chi connectivity index (χ3n) is 11.4. The minimum Gasteiger partial charge on any atom is -0.454 e. The van der Waals surface area contributed by atoms with E-state index in [0.29, 0.717) is 28.6 Å². The Morgan fingerprint density at radius 2 is 0.949 bits per heavy atom. The number of furan rings is 1. The molecule has 12 rings (SSSR count). The molecule has 7 nitrogen and oxygen atoms in total. The van der Waals surface area contributed by atoms with Crippen LogP contribution >= 0.6 is 0 Å². The first-order chi connectivity index (χ1) is 29.2. The Kier molecular flexibility index (Phi) is 7.16. The van der Waals surface area contributed by atoms with E-state index in [0.717, 1.165) is 88.1 Å². The molecule has 7 heteroatoms. The fourth-order valence-electron chi connectivity index (χ4n) is 8.89. The normalized spacial score (nSPS) is 11.7. The maximum Gasteiger partial charge on any atom is 0.165 e. The van der Waals surface area contributed by atoms with Crippen LogP contribution in [0.1, 0.15) is 5.56 Å². The average molecular weight is 755 g/mol. The number of hydrogen-bond donors (Lipinski definition) is 0. The molecule has 0 aliphatic rings. The molecule has 0 bridgehead atoms. The zero-order valence-corrected chi connectivity index (χ0v) is 31.4. The first-order valence-corrected chi connectivity index (χ1v) is 19.5. The number of fused-ring (bicyclic) bond motifs is 12. The van der Waals surface area contributed by atoms with Crippen LogP contribution in [0.4, 0.5) is 0 Å². The molecule has 0 aliphatic heterocycles. The van der Waals surface area contributed by atoms with Crippen LogP contribution in [0.2, 0.25) is 0 Å². The fourth-order valence-corrected chi connectivity index (χ4v) is 8.89. The number of hydrogen-bond acceptors (Lipinski definition) is 5. The lowest BCUT2D eigenvalue weighted by atomic mass is 10.0. The van der Waals surface area contributed by atoms with Crippen molar-refractivity contribution in [1.29, 1.82) is 5.26 Å². The van der Waals surface area contributed by atoms with Gasteiger partial charge in [-0.2, -0.15) is 5.26 Å². The summed E-state index contributed by atoms with van der Waals surface area (Å²) in [7, 11) is 0. The molecule has 12 aromatic rings. The van der Waals surface area contributed by atoms with Gasteiger partial charge in [-0.3, -0.25) is 0 Å². The molecule has 0 unspecified atom stereocenters. The molecule has 59 heavy (non-hydrogen) atoms. The molecule has 0 fully saturated rings. The number of para-hydroxylation sites is 4. The van der Waals surface area contributed by atoms with E-state index in [1.807, 2.05) is 84.9 Å². The molecular weight excluding hydrogens is 725 g/mol. The molecular formula is C52H30N6O. The number of nitriles is 1. The van der Waals surface area contributed by atoms with Crippen molar-refractivity contribution in [2.24, 2.45) is 0 Å². The zero-order chi connectivity index (χ0) is 39.0. The van der Waals surface area contributed by atoms with Gasteiger partial charge in [0.15, 0.2) is 23.1 Å². The second kappa shape index (κ2) is 12.8. The van der Waals surface area contributed by atoms with E-state index in [9.17, 15) is 5.26 Å². The van der Waals surface area contributed by atoms with Crippen molar-refractivity contribution in [2.45, 2.75) is 0 Å². The zero-order valence-electron chi connectivity index (χ0n) is 31.4. The standard InChI is InChI=1S/C52H30N6O/c53-31-34-30-36(28-29-37(34)52-55-50(32-16-4-1-5-17-32)54-51(56-52)33-18-6-2-7-19-33)58-42-26-14-11-23-39(42)45-44-38-22-10-13-25-41(38)57(35-20-8-3-9-21-35)47(44)46-40-24-12-15-27-43(40)59-49(46)48(45)58/h1-30H. The third-order valence-corrected chi connectivity index (χ3v) is 11.4. The van der Waals surface area contributed by atoms with E-state index < -0.39 is 0 Å². The number of aromatic nitrogens is 5. The Hall–Kier alpha value is -8.34. The van der Waals surface area contributed by atoms with Crippen LogP contribution in [0.5, 0.6) is 0 Å². The summed E-state index contributed by atoms with van der Waals surface area (Å²) in [5, 5.41) is 17.4. The van der Waals surface area contributed by atoms with E-state index in [1.165, 1.54) is 0 Å². The van der Waals surface area contributed by atoms with Gasteiger partial charge >= 0.3 is 0 Å². The maximum absolute atomic E-state index is 10.9. The second-order valence-electron chi connectivity index (χ2n) is 14.7. The molecule has 8 aromatic carbocycles. The summed E-state index contributed by atoms with van der Waals surface area (Å²) in [4.78, 5) is 14.8. The van der Waals surface area contributed by atoms with Crippen molar-refractivity contribution in [3.05, 3.63) is 188 Å². The molecule has 4 heterocycles. The smallest absolute Gasteiger partial charge is 0.165 e. The summed E-state index contributed by atoms with van der Waals surface area (Å²) < 4.78 is 11.6. The van der Waals surface area contributed by atoms with Crippen molar-refractivity contribution in [1.82, 2.24) is 24.1 Å². The SMILES string of the molecule is N#Cc1cc(-n2c3ccccc3c3c4c5ccccc5n(-c5ccccc5)c4c4c5ccccc5oc4c32)ccc1-c1nc(-c2ccccc2)nc(-c2ccccc2)n1. The van der Waals surface area contributed by atoms with Gasteiger partial charge in [-0.15, -0.1) is 0 Å². The lowest BCUT2D eigenvalue weighted by Crippen LogP contribution is -2.02. The van der Waals surface area contributed by atoms with E-state index in [2.05, 4.69) is 112 Å². The van der Waals surface area contributed by atoms with Crippen LogP contribution in [-0.4, -0.2) is 24.1 Å². The maximum atomic E-state index is 10.9. The van der Waals surface area contributed by atoms with Crippen LogP contribution in [0.3, 0.4) is 0 Å². The Morgan fingerprint density at radius 1 is 0.441 bits per heavy atom. The Morgan fingerprint density at radius 3 is 1.58 bits per heavy atom. The summed E-state index contributed by atoms with van der Waals surface area (Å²) >= 11 is 0. The summed E-state index contributed by atoms with van der Waals surface area (Å²) in [6.07, 6.45) is 0. The van der Waals surface area contributed by atoms with Gasteiger partial charge in [0.05, 0.1) is 39.1 Å². The van der Waals surface area contributed by atoms with Gasteiger partial charge in [0.2, 0.25) is 0 Å². The van der Waals surface area contributed by atoms with Crippen molar-refractivity contribution < 1.29 is 4.42 Å². The van der Waals surface area contributed by atoms with E-state index >= 15 is 0 Å². The van der Waals surface area contributed by atoms with Crippen molar-refractivity contribution in [2.75, 3.05) is 0 Å². The predicted octanol–water partition coefficient (Wildman–Crippen LogP) is 12.8. The quantitative estimate of drug-likeness (QED) is 0.175. The highest BCUT2D eigenvalue weighted by Gasteiger charge is 2.28. The van der Waals surface area contributed by atoms with E-state index in [1.54, 1.807) is 0 Å². The Labute approximate surface area is 337 Å². The average Bonchev–Trinajstić information content (AvgIpc) is 3.98. The van der Waals surface area contributed by atoms with Crippen LogP contribution < -0.4 is 0 Å². The summed E-state index contributed by atoms with van der Waals surface area (Å²) in [5.74, 6) is 1.50. The van der Waals surface area contributed by atoms with Gasteiger partial charge in [0.25, 0.3) is 0 Å². The molecule has 0 spiro atoms. The largest absolute Gasteiger partial charge is 0.454 e. The first kappa shape index (κ1) is 32.9. The second-order valence-corrected chi connectivity index (χ2v) is 14.7. The molecule has 0 N–H and O–H groups in total. The molecule has 0 radical (unpaired) electrons. The molecule has 0 amide bonds. The molecule has 4 aromatic heterocycles. The third kappa shape index (κ3) is 4.90. The van der Waals surface area contributed by atoms with E-state index in [-0.39, 0.29) is 0 Å². The van der Waals surface area contributed by atoms with Gasteiger partial charge in [-0.25, -0.2) is 15.0 Å². The molecule has 0 aliphatic carbocycles. The number of benzene rings is 8.